The fourth-order valence-electron chi connectivity index (χ4n) is 4.85. The highest BCUT2D eigenvalue weighted by Crippen LogP contribution is 2.30. The Morgan fingerprint density at radius 2 is 1.60 bits per heavy atom. The van der Waals surface area contributed by atoms with Crippen molar-refractivity contribution in [1.29, 1.82) is 0 Å². The van der Waals surface area contributed by atoms with Crippen LogP contribution in [-0.2, 0) is 22.6 Å². The van der Waals surface area contributed by atoms with Crippen LogP contribution in [0.25, 0.3) is 16.0 Å². The second kappa shape index (κ2) is 14.9. The molecule has 0 spiro atoms. The minimum absolute atomic E-state index is 0.313. The van der Waals surface area contributed by atoms with Crippen LogP contribution >= 0.6 is 11.8 Å². The van der Waals surface area contributed by atoms with Gasteiger partial charge in [-0.3, -0.25) is 4.79 Å². The number of ether oxygens (including phenoxy) is 1. The van der Waals surface area contributed by atoms with E-state index in [9.17, 15) is 9.59 Å². The Kier molecular flexibility index (Phi) is 10.8. The van der Waals surface area contributed by atoms with Crippen molar-refractivity contribution in [3.05, 3.63) is 131 Å². The first-order valence-electron chi connectivity index (χ1n) is 13.8. The number of methoxy groups -OCH3 is 1. The Bertz CT molecular complexity index is 1550. The fraction of sp³-hybridized carbons (Fsp3) is 0.229. The Morgan fingerprint density at radius 1 is 0.905 bits per heavy atom. The SMILES string of the molecule is [C-]#[N+]c1ccc(N(Cc2ccccc2)Cc2ccc(C(=O)N[C@@H](CCSC)C(=O)OC)c(-c3ccccc3C)c2)cc1. The maximum Gasteiger partial charge on any atom is 0.328 e. The van der Waals surface area contributed by atoms with Gasteiger partial charge in [-0.25, -0.2) is 9.64 Å². The van der Waals surface area contributed by atoms with E-state index in [0.717, 1.165) is 33.7 Å². The minimum Gasteiger partial charge on any atom is -0.467 e. The van der Waals surface area contributed by atoms with Gasteiger partial charge in [0.05, 0.1) is 13.7 Å². The number of hydrogen-bond acceptors (Lipinski definition) is 5. The molecule has 6 nitrogen and oxygen atoms in total. The van der Waals surface area contributed by atoms with Crippen LogP contribution in [0.4, 0.5) is 11.4 Å². The first kappa shape index (κ1) is 30.4. The number of benzene rings is 4. The molecule has 4 aromatic rings. The molecule has 4 aromatic carbocycles. The number of amides is 1. The Hall–Kier alpha value is -4.54. The molecule has 1 N–H and O–H groups in total. The molecule has 1 amide bonds. The molecule has 0 unspecified atom stereocenters. The van der Waals surface area contributed by atoms with Crippen molar-refractivity contribution in [2.75, 3.05) is 24.0 Å². The van der Waals surface area contributed by atoms with Crippen LogP contribution < -0.4 is 10.2 Å². The van der Waals surface area contributed by atoms with E-state index in [1.54, 1.807) is 11.8 Å². The molecule has 214 valence electrons. The second-order valence-corrected chi connectivity index (χ2v) is 11.0. The average molecular weight is 578 g/mol. The van der Waals surface area contributed by atoms with Crippen LogP contribution in [0.1, 0.15) is 33.5 Å². The fourth-order valence-corrected chi connectivity index (χ4v) is 5.32. The number of nitrogens with one attached hydrogen (secondary N) is 1. The number of hydrogen-bond donors (Lipinski definition) is 1. The molecular weight excluding hydrogens is 542 g/mol. The molecule has 0 bridgehead atoms. The second-order valence-electron chi connectivity index (χ2n) is 10.00. The zero-order valence-electron chi connectivity index (χ0n) is 24.2. The van der Waals surface area contributed by atoms with Crippen LogP contribution in [-0.4, -0.2) is 37.0 Å². The number of anilines is 1. The highest BCUT2D eigenvalue weighted by molar-refractivity contribution is 7.98. The summed E-state index contributed by atoms with van der Waals surface area (Å²) in [5, 5.41) is 2.92. The zero-order valence-corrected chi connectivity index (χ0v) is 25.0. The van der Waals surface area contributed by atoms with E-state index in [-0.39, 0.29) is 5.91 Å². The predicted molar refractivity (Wildman–Crippen MR) is 172 cm³/mol. The lowest BCUT2D eigenvalue weighted by Gasteiger charge is -2.26. The van der Waals surface area contributed by atoms with Crippen LogP contribution in [0, 0.1) is 13.5 Å². The quantitative estimate of drug-likeness (QED) is 0.140. The summed E-state index contributed by atoms with van der Waals surface area (Å²) >= 11 is 1.61. The van der Waals surface area contributed by atoms with Gasteiger partial charge in [0.2, 0.25) is 0 Å². The Labute approximate surface area is 252 Å². The smallest absolute Gasteiger partial charge is 0.328 e. The maximum absolute atomic E-state index is 13.6. The number of carbonyl (C=O) groups is 2. The Morgan fingerprint density at radius 3 is 2.26 bits per heavy atom. The molecule has 0 saturated carbocycles. The number of carbonyl (C=O) groups excluding carboxylic acids is 2. The van der Waals surface area contributed by atoms with Crippen molar-refractivity contribution in [2.24, 2.45) is 0 Å². The summed E-state index contributed by atoms with van der Waals surface area (Å²) in [6.45, 7) is 10.6. The van der Waals surface area contributed by atoms with Crippen molar-refractivity contribution < 1.29 is 14.3 Å². The van der Waals surface area contributed by atoms with Gasteiger partial charge in [-0.2, -0.15) is 11.8 Å². The van der Waals surface area contributed by atoms with Crippen LogP contribution in [0.2, 0.25) is 0 Å². The maximum atomic E-state index is 13.6. The van der Waals surface area contributed by atoms with Gasteiger partial charge < -0.3 is 15.0 Å². The number of thioether (sulfide) groups is 1. The van der Waals surface area contributed by atoms with Crippen molar-refractivity contribution in [3.63, 3.8) is 0 Å². The lowest BCUT2D eigenvalue weighted by molar-refractivity contribution is -0.142. The van der Waals surface area contributed by atoms with E-state index in [4.69, 9.17) is 11.3 Å². The van der Waals surface area contributed by atoms with Gasteiger partial charge in [-0.15, -0.1) is 0 Å². The third-order valence-corrected chi connectivity index (χ3v) is 7.74. The molecule has 0 aliphatic heterocycles. The van der Waals surface area contributed by atoms with Gasteiger partial charge in [0.25, 0.3) is 5.91 Å². The molecule has 0 aliphatic rings. The standard InChI is InChI=1S/C35H35N3O3S/c1-25-10-8-9-13-30(25)32-22-27(14-19-31(32)34(39)37-33(20-21-42-4)35(40)41-3)24-38(23-26-11-6-5-7-12-26)29-17-15-28(36-2)16-18-29/h5-19,22,33H,20-21,23-24H2,1,3-4H3,(H,37,39)/t33-/m0/s1. The summed E-state index contributed by atoms with van der Waals surface area (Å²) in [5.74, 6) is -0.0444. The Balaban J connectivity index is 1.72. The van der Waals surface area contributed by atoms with Crippen LogP contribution in [0.15, 0.2) is 97.1 Å². The van der Waals surface area contributed by atoms with Gasteiger partial charge >= 0.3 is 5.97 Å². The monoisotopic (exact) mass is 577 g/mol. The number of aryl methyl sites for hydroxylation is 1. The van der Waals surface area contributed by atoms with Gasteiger partial charge in [0.15, 0.2) is 5.69 Å². The van der Waals surface area contributed by atoms with Crippen molar-refractivity contribution in [1.82, 2.24) is 5.32 Å². The van der Waals surface area contributed by atoms with Gasteiger partial charge in [-0.05, 0) is 77.4 Å². The molecule has 0 aliphatic carbocycles. The lowest BCUT2D eigenvalue weighted by atomic mass is 9.93. The molecule has 0 heterocycles. The molecule has 7 heteroatoms. The summed E-state index contributed by atoms with van der Waals surface area (Å²) in [6, 6.07) is 31.0. The first-order chi connectivity index (χ1) is 20.4. The van der Waals surface area contributed by atoms with Gasteiger partial charge in [0, 0.05) is 24.3 Å². The number of esters is 1. The third-order valence-electron chi connectivity index (χ3n) is 7.10. The molecule has 0 radical (unpaired) electrons. The predicted octanol–water partition coefficient (Wildman–Crippen LogP) is 7.44. The number of nitrogens with zero attached hydrogens (tertiary/aromatic N) is 2. The first-order valence-corrected chi connectivity index (χ1v) is 15.2. The van der Waals surface area contributed by atoms with E-state index < -0.39 is 12.0 Å². The average Bonchev–Trinajstić information content (AvgIpc) is 3.03. The number of rotatable bonds is 12. The summed E-state index contributed by atoms with van der Waals surface area (Å²) in [6.07, 6.45) is 2.45. The van der Waals surface area contributed by atoms with Crippen molar-refractivity contribution in [2.45, 2.75) is 32.5 Å². The highest BCUT2D eigenvalue weighted by atomic mass is 32.2. The largest absolute Gasteiger partial charge is 0.467 e. The lowest BCUT2D eigenvalue weighted by Crippen LogP contribution is -2.42. The van der Waals surface area contributed by atoms with Crippen LogP contribution in [0.5, 0.6) is 0 Å². The van der Waals surface area contributed by atoms with Crippen molar-refractivity contribution >= 4 is 35.0 Å². The van der Waals surface area contributed by atoms with E-state index in [2.05, 4.69) is 33.3 Å². The summed E-state index contributed by atoms with van der Waals surface area (Å²) in [7, 11) is 1.34. The molecular formula is C35H35N3O3S. The van der Waals surface area contributed by atoms with Gasteiger partial charge in [0.1, 0.15) is 6.04 Å². The molecule has 0 fully saturated rings. The van der Waals surface area contributed by atoms with Crippen molar-refractivity contribution in [3.8, 4) is 11.1 Å². The topological polar surface area (TPSA) is 63.0 Å². The summed E-state index contributed by atoms with van der Waals surface area (Å²) in [5.41, 5.74) is 7.11. The van der Waals surface area contributed by atoms with Gasteiger partial charge in [-0.1, -0.05) is 72.8 Å². The van der Waals surface area contributed by atoms with E-state index in [0.29, 0.717) is 30.8 Å². The molecule has 0 saturated heterocycles. The van der Waals surface area contributed by atoms with E-state index in [1.165, 1.54) is 12.7 Å². The van der Waals surface area contributed by atoms with E-state index >= 15 is 0 Å². The molecule has 4 rings (SSSR count). The minimum atomic E-state index is -0.723. The highest BCUT2D eigenvalue weighted by Gasteiger charge is 2.24. The zero-order chi connectivity index (χ0) is 29.9. The van der Waals surface area contributed by atoms with Crippen LogP contribution in [0.3, 0.4) is 0 Å². The summed E-state index contributed by atoms with van der Waals surface area (Å²) in [4.78, 5) is 31.9. The molecule has 1 atom stereocenters. The molecule has 42 heavy (non-hydrogen) atoms. The summed E-state index contributed by atoms with van der Waals surface area (Å²) < 4.78 is 4.96. The van der Waals surface area contributed by atoms with E-state index in [1.807, 2.05) is 92.0 Å². The normalized spacial score (nSPS) is 11.3. The molecule has 0 aromatic heterocycles. The third kappa shape index (κ3) is 7.80.